The Bertz CT molecular complexity index is 825. The Morgan fingerprint density at radius 1 is 1.04 bits per heavy atom. The lowest BCUT2D eigenvalue weighted by molar-refractivity contribution is 0.273. The van der Waals surface area contributed by atoms with Gasteiger partial charge in [0.15, 0.2) is 11.5 Å². The molecule has 0 unspecified atom stereocenters. The zero-order valence-corrected chi connectivity index (χ0v) is 14.3. The van der Waals surface area contributed by atoms with Crippen LogP contribution in [0.5, 0.6) is 11.5 Å². The minimum Gasteiger partial charge on any atom is -0.493 e. The minimum atomic E-state index is -0.0431. The SMILES string of the molecule is COc1cc(CO)cc(Br)c1OCc1cccc2ccccc12. The Labute approximate surface area is 143 Å². The van der Waals surface area contributed by atoms with E-state index in [9.17, 15) is 5.11 Å². The molecule has 118 valence electrons. The van der Waals surface area contributed by atoms with Gasteiger partial charge in [-0.3, -0.25) is 0 Å². The second-order valence-corrected chi connectivity index (χ2v) is 6.05. The fraction of sp³-hybridized carbons (Fsp3) is 0.158. The predicted octanol–water partition coefficient (Wildman–Crippen LogP) is 4.68. The molecule has 0 aliphatic carbocycles. The Balaban J connectivity index is 1.91. The first kappa shape index (κ1) is 15.8. The number of aliphatic hydroxyl groups is 1. The van der Waals surface area contributed by atoms with Crippen LogP contribution in [0.4, 0.5) is 0 Å². The summed E-state index contributed by atoms with van der Waals surface area (Å²) in [6.45, 7) is 0.396. The maximum absolute atomic E-state index is 9.28. The lowest BCUT2D eigenvalue weighted by Gasteiger charge is -2.15. The summed E-state index contributed by atoms with van der Waals surface area (Å²) < 4.78 is 12.1. The summed E-state index contributed by atoms with van der Waals surface area (Å²) in [5.41, 5.74) is 1.88. The summed E-state index contributed by atoms with van der Waals surface area (Å²) in [5, 5.41) is 11.6. The molecule has 0 saturated heterocycles. The van der Waals surface area contributed by atoms with E-state index in [0.717, 1.165) is 15.6 Å². The summed E-state index contributed by atoms with van der Waals surface area (Å²) in [7, 11) is 1.59. The highest BCUT2D eigenvalue weighted by molar-refractivity contribution is 9.10. The van der Waals surface area contributed by atoms with E-state index in [2.05, 4.69) is 40.2 Å². The molecule has 0 bridgehead atoms. The van der Waals surface area contributed by atoms with E-state index < -0.39 is 0 Å². The average molecular weight is 373 g/mol. The van der Waals surface area contributed by atoms with Crippen LogP contribution in [0.25, 0.3) is 10.8 Å². The van der Waals surface area contributed by atoms with Crippen molar-refractivity contribution < 1.29 is 14.6 Å². The summed E-state index contributed by atoms with van der Waals surface area (Å²) >= 11 is 3.49. The Morgan fingerprint density at radius 2 is 1.83 bits per heavy atom. The number of ether oxygens (including phenoxy) is 2. The van der Waals surface area contributed by atoms with Crippen LogP contribution < -0.4 is 9.47 Å². The highest BCUT2D eigenvalue weighted by Crippen LogP contribution is 2.37. The molecule has 0 heterocycles. The van der Waals surface area contributed by atoms with Crippen molar-refractivity contribution in [1.29, 1.82) is 0 Å². The summed E-state index contributed by atoms with van der Waals surface area (Å²) in [6.07, 6.45) is 0. The lowest BCUT2D eigenvalue weighted by atomic mass is 10.1. The van der Waals surface area contributed by atoms with E-state index in [-0.39, 0.29) is 6.61 Å². The highest BCUT2D eigenvalue weighted by Gasteiger charge is 2.12. The number of hydrogen-bond donors (Lipinski definition) is 1. The number of benzene rings is 3. The molecule has 0 spiro atoms. The number of aliphatic hydroxyl groups excluding tert-OH is 1. The van der Waals surface area contributed by atoms with Crippen molar-refractivity contribution in [3.05, 3.63) is 70.2 Å². The molecular formula is C19H17BrO3. The van der Waals surface area contributed by atoms with Gasteiger partial charge in [0, 0.05) is 0 Å². The molecule has 3 aromatic carbocycles. The maximum atomic E-state index is 9.28. The van der Waals surface area contributed by atoms with Crippen molar-refractivity contribution in [3.8, 4) is 11.5 Å². The van der Waals surface area contributed by atoms with Crippen molar-refractivity contribution in [3.63, 3.8) is 0 Å². The molecule has 3 aromatic rings. The van der Waals surface area contributed by atoms with Gasteiger partial charge in [0.05, 0.1) is 18.2 Å². The highest BCUT2D eigenvalue weighted by atomic mass is 79.9. The smallest absolute Gasteiger partial charge is 0.175 e. The topological polar surface area (TPSA) is 38.7 Å². The van der Waals surface area contributed by atoms with E-state index in [4.69, 9.17) is 9.47 Å². The first-order valence-electron chi connectivity index (χ1n) is 7.29. The minimum absolute atomic E-state index is 0.0431. The lowest BCUT2D eigenvalue weighted by Crippen LogP contribution is -2.00. The molecule has 0 saturated carbocycles. The molecule has 23 heavy (non-hydrogen) atoms. The number of rotatable bonds is 5. The quantitative estimate of drug-likeness (QED) is 0.706. The molecule has 0 radical (unpaired) electrons. The monoisotopic (exact) mass is 372 g/mol. The van der Waals surface area contributed by atoms with Gasteiger partial charge in [-0.05, 0) is 50.0 Å². The van der Waals surface area contributed by atoms with Gasteiger partial charge in [0.2, 0.25) is 0 Å². The van der Waals surface area contributed by atoms with Crippen molar-refractivity contribution in [2.75, 3.05) is 7.11 Å². The average Bonchev–Trinajstić information content (AvgIpc) is 2.60. The van der Waals surface area contributed by atoms with E-state index in [1.54, 1.807) is 13.2 Å². The van der Waals surface area contributed by atoms with Gasteiger partial charge in [0.1, 0.15) is 6.61 Å². The van der Waals surface area contributed by atoms with E-state index in [1.165, 1.54) is 10.8 Å². The van der Waals surface area contributed by atoms with Gasteiger partial charge >= 0.3 is 0 Å². The van der Waals surface area contributed by atoms with E-state index >= 15 is 0 Å². The second-order valence-electron chi connectivity index (χ2n) is 5.19. The van der Waals surface area contributed by atoms with Crippen molar-refractivity contribution >= 4 is 26.7 Å². The number of methoxy groups -OCH3 is 1. The number of fused-ring (bicyclic) bond motifs is 1. The summed E-state index contributed by atoms with van der Waals surface area (Å²) in [5.74, 6) is 1.24. The van der Waals surface area contributed by atoms with Crippen LogP contribution in [0.15, 0.2) is 59.1 Å². The van der Waals surface area contributed by atoms with Gasteiger partial charge in [-0.1, -0.05) is 42.5 Å². The second kappa shape index (κ2) is 7.02. The molecule has 1 N–H and O–H groups in total. The van der Waals surface area contributed by atoms with Crippen LogP contribution in [-0.2, 0) is 13.2 Å². The molecule has 3 rings (SSSR count). The molecule has 3 nitrogen and oxygen atoms in total. The van der Waals surface area contributed by atoms with Crippen molar-refractivity contribution in [2.45, 2.75) is 13.2 Å². The zero-order valence-electron chi connectivity index (χ0n) is 12.8. The molecule has 0 atom stereocenters. The van der Waals surface area contributed by atoms with Crippen LogP contribution in [-0.4, -0.2) is 12.2 Å². The predicted molar refractivity (Wildman–Crippen MR) is 94.9 cm³/mol. The zero-order chi connectivity index (χ0) is 16.2. The molecular weight excluding hydrogens is 356 g/mol. The van der Waals surface area contributed by atoms with Gasteiger partial charge in [-0.15, -0.1) is 0 Å². The van der Waals surface area contributed by atoms with Crippen LogP contribution in [0.1, 0.15) is 11.1 Å². The molecule has 4 heteroatoms. The van der Waals surface area contributed by atoms with Gasteiger partial charge in [0.25, 0.3) is 0 Å². The molecule has 0 aliphatic rings. The van der Waals surface area contributed by atoms with Crippen LogP contribution in [0.2, 0.25) is 0 Å². The van der Waals surface area contributed by atoms with Gasteiger partial charge in [-0.25, -0.2) is 0 Å². The fourth-order valence-corrected chi connectivity index (χ4v) is 3.18. The van der Waals surface area contributed by atoms with Crippen molar-refractivity contribution in [2.24, 2.45) is 0 Å². The normalized spacial score (nSPS) is 10.7. The third-order valence-electron chi connectivity index (χ3n) is 3.72. The summed E-state index contributed by atoms with van der Waals surface area (Å²) in [4.78, 5) is 0. The van der Waals surface area contributed by atoms with E-state index in [1.807, 2.05) is 24.3 Å². The van der Waals surface area contributed by atoms with Crippen LogP contribution in [0, 0.1) is 0 Å². The summed E-state index contributed by atoms with van der Waals surface area (Å²) in [6, 6.07) is 18.0. The van der Waals surface area contributed by atoms with Gasteiger partial charge < -0.3 is 14.6 Å². The molecule has 0 fully saturated rings. The Hall–Kier alpha value is -2.04. The molecule has 0 aliphatic heterocycles. The Morgan fingerprint density at radius 3 is 2.61 bits per heavy atom. The largest absolute Gasteiger partial charge is 0.493 e. The van der Waals surface area contributed by atoms with Gasteiger partial charge in [-0.2, -0.15) is 0 Å². The van der Waals surface area contributed by atoms with Crippen molar-refractivity contribution in [1.82, 2.24) is 0 Å². The molecule has 0 aromatic heterocycles. The Kier molecular flexibility index (Phi) is 4.84. The fourth-order valence-electron chi connectivity index (χ4n) is 2.57. The number of halogens is 1. The first-order valence-corrected chi connectivity index (χ1v) is 8.09. The molecule has 0 amide bonds. The standard InChI is InChI=1S/C19H17BrO3/c1-22-18-10-13(11-21)9-17(20)19(18)23-12-15-7-4-6-14-5-2-3-8-16(14)15/h2-10,21H,11-12H2,1H3. The van der Waals surface area contributed by atoms with Crippen LogP contribution >= 0.6 is 15.9 Å². The third-order valence-corrected chi connectivity index (χ3v) is 4.31. The number of hydrogen-bond acceptors (Lipinski definition) is 3. The van der Waals surface area contributed by atoms with Crippen LogP contribution in [0.3, 0.4) is 0 Å². The first-order chi connectivity index (χ1) is 11.2. The third kappa shape index (κ3) is 3.33. The van der Waals surface area contributed by atoms with E-state index in [0.29, 0.717) is 18.1 Å². The maximum Gasteiger partial charge on any atom is 0.175 e.